The fourth-order valence-corrected chi connectivity index (χ4v) is 9.18. The van der Waals surface area contributed by atoms with E-state index in [1.54, 1.807) is 0 Å². The number of aromatic nitrogens is 1. The van der Waals surface area contributed by atoms with Crippen LogP contribution in [0.2, 0.25) is 5.02 Å². The summed E-state index contributed by atoms with van der Waals surface area (Å²) in [6.07, 6.45) is 1.36. The number of hydrogen-bond donors (Lipinski definition) is 6. The molecule has 3 aliphatic rings. The second kappa shape index (κ2) is 14.8. The first-order valence-corrected chi connectivity index (χ1v) is 17.8. The smallest absolute Gasteiger partial charge is 0.417 e. The Bertz CT molecular complexity index is 1440. The molecule has 2 saturated heterocycles. The van der Waals surface area contributed by atoms with Gasteiger partial charge in [-0.05, 0) is 73.8 Å². The van der Waals surface area contributed by atoms with Crippen molar-refractivity contribution in [2.45, 2.75) is 87.6 Å². The Morgan fingerprint density at radius 3 is 2.57 bits per heavy atom. The lowest BCUT2D eigenvalue weighted by atomic mass is 9.80. The number of hydrogen-bond acceptors (Lipinski definition) is 7. The van der Waals surface area contributed by atoms with Crippen LogP contribution in [0.25, 0.3) is 0 Å². The third-order valence-electron chi connectivity index (χ3n) is 9.55. The summed E-state index contributed by atoms with van der Waals surface area (Å²) < 4.78 is 79.2. The van der Waals surface area contributed by atoms with E-state index in [4.69, 9.17) is 11.6 Å². The van der Waals surface area contributed by atoms with Crippen LogP contribution in [0.4, 0.5) is 22.4 Å². The molecule has 3 heterocycles. The summed E-state index contributed by atoms with van der Waals surface area (Å²) in [5, 5.41) is 18.1. The van der Waals surface area contributed by atoms with Crippen molar-refractivity contribution >= 4 is 34.4 Å². The Balaban J connectivity index is 1.39. The van der Waals surface area contributed by atoms with Crippen molar-refractivity contribution < 1.29 is 41.4 Å². The highest BCUT2D eigenvalue weighted by atomic mass is 35.5. The molecule has 47 heavy (non-hydrogen) atoms. The van der Waals surface area contributed by atoms with Crippen molar-refractivity contribution in [3.05, 3.63) is 64.2 Å². The van der Waals surface area contributed by atoms with Gasteiger partial charge in [-0.3, -0.25) is 18.9 Å². The Morgan fingerprint density at radius 2 is 1.85 bits per heavy atom. The van der Waals surface area contributed by atoms with Crippen LogP contribution < -0.4 is 16.0 Å². The van der Waals surface area contributed by atoms with Gasteiger partial charge in [0.15, 0.2) is 0 Å². The Morgan fingerprint density at radius 1 is 1.09 bits per heavy atom. The van der Waals surface area contributed by atoms with Crippen LogP contribution in [-0.2, 0) is 11.0 Å². The quantitative estimate of drug-likeness (QED) is 0.169. The zero-order valence-electron chi connectivity index (χ0n) is 25.6. The van der Waals surface area contributed by atoms with Crippen LogP contribution >= 0.6 is 22.4 Å². The first kappa shape index (κ1) is 35.6. The summed E-state index contributed by atoms with van der Waals surface area (Å²) in [5.74, 6) is -2.72. The van der Waals surface area contributed by atoms with Gasteiger partial charge in [-0.15, -0.1) is 10.8 Å². The van der Waals surface area contributed by atoms with Gasteiger partial charge < -0.3 is 21.1 Å². The van der Waals surface area contributed by atoms with Crippen molar-refractivity contribution in [3.63, 3.8) is 0 Å². The van der Waals surface area contributed by atoms with E-state index in [2.05, 4.69) is 20.9 Å². The molecule has 1 aromatic heterocycles. The number of piperazine rings is 1. The minimum Gasteiger partial charge on any atom is -0.465 e. The van der Waals surface area contributed by atoms with E-state index < -0.39 is 52.3 Å². The van der Waals surface area contributed by atoms with E-state index in [1.165, 1.54) is 12.1 Å². The highest BCUT2D eigenvalue weighted by Gasteiger charge is 2.41. The average Bonchev–Trinajstić information content (AvgIpc) is 3.13. The first-order chi connectivity index (χ1) is 22.2. The number of carbonyl (C=O) groups is 2. The van der Waals surface area contributed by atoms with Crippen LogP contribution in [0.3, 0.4) is 0 Å². The third kappa shape index (κ3) is 8.67. The van der Waals surface area contributed by atoms with Gasteiger partial charge in [0.1, 0.15) is 11.9 Å². The van der Waals surface area contributed by atoms with Gasteiger partial charge >= 0.3 is 12.3 Å². The van der Waals surface area contributed by atoms with Crippen LogP contribution in [0.15, 0.2) is 36.7 Å². The number of nitrogens with zero attached hydrogens (tertiary/aromatic N) is 2. The maximum Gasteiger partial charge on any atom is 0.417 e. The molecule has 1 aromatic carbocycles. The van der Waals surface area contributed by atoms with Gasteiger partial charge in [-0.25, -0.2) is 13.5 Å². The molecule has 0 radical (unpaired) electrons. The molecule has 2 bridgehead atoms. The number of carboxylic acid groups (broad SMARTS) is 1. The van der Waals surface area contributed by atoms with Crippen LogP contribution in [0.5, 0.6) is 0 Å². The molecule has 2 aliphatic heterocycles. The lowest BCUT2D eigenvalue weighted by molar-refractivity contribution is -0.137. The molecular formula is C31H40ClF4N5O5S. The molecule has 3 fully saturated rings. The molecule has 5 rings (SSSR count). The molecule has 1 unspecified atom stereocenters. The van der Waals surface area contributed by atoms with Crippen LogP contribution in [-0.4, -0.2) is 78.5 Å². The van der Waals surface area contributed by atoms with Gasteiger partial charge in [-0.1, -0.05) is 30.5 Å². The van der Waals surface area contributed by atoms with Crippen molar-refractivity contribution in [3.8, 4) is 0 Å². The van der Waals surface area contributed by atoms with E-state index in [0.29, 0.717) is 44.3 Å². The molecule has 1 aliphatic carbocycles. The predicted octanol–water partition coefficient (Wildman–Crippen LogP) is 6.22. The van der Waals surface area contributed by atoms with Crippen molar-refractivity contribution in [1.82, 2.24) is 25.2 Å². The van der Waals surface area contributed by atoms with Crippen LogP contribution in [0.1, 0.15) is 74.0 Å². The molecule has 10 nitrogen and oxygen atoms in total. The number of rotatable bonds is 9. The summed E-state index contributed by atoms with van der Waals surface area (Å²) in [7, 11) is -2.88. The van der Waals surface area contributed by atoms with E-state index >= 15 is 0 Å². The fraction of sp³-hybridized carbons (Fsp3) is 0.581. The summed E-state index contributed by atoms with van der Waals surface area (Å²) >= 11 is 5.87. The number of amides is 2. The SMILES string of the molecule is O=C(O)N[C@H](C(=O)N[C@H]1CCCC[C@@H]1CC[C@H]1CN[C@@H]2CCCS(O)(O)N1C2)[C@H](c1cncc(C(F)(F)F)c1)c1ccc(Cl)c(F)c1. The standard InChI is InChI=1S/C31H40ClF4N5O5S/c32-24-10-8-19(13-25(24)33)27(20-12-21(15-37-14-20)31(34,35)36)28(40-30(43)44)29(42)39-26-6-2-1-4-18(26)7-9-23-16-38-22-5-3-11-47(45,46)41(23)17-22/h8,10,12-15,18,22-23,26-28,38,40,45-46H,1-7,9,11,16-17H2,(H,39,42)(H,43,44)/t18-,22-,23+,26+,27+,28+/m1/s1. The molecule has 260 valence electrons. The van der Waals surface area contributed by atoms with E-state index in [0.717, 1.165) is 50.4 Å². The monoisotopic (exact) mass is 705 g/mol. The molecule has 2 aromatic rings. The van der Waals surface area contributed by atoms with Gasteiger partial charge in [0.2, 0.25) is 5.91 Å². The molecule has 7 atom stereocenters. The highest BCUT2D eigenvalue weighted by molar-refractivity contribution is 8.22. The van der Waals surface area contributed by atoms with Gasteiger partial charge in [0.05, 0.1) is 16.3 Å². The number of nitrogens with one attached hydrogen (secondary N) is 3. The fourth-order valence-electron chi connectivity index (χ4n) is 7.19. The maximum absolute atomic E-state index is 14.7. The minimum atomic E-state index is -4.78. The Kier molecular flexibility index (Phi) is 11.2. The Labute approximate surface area is 277 Å². The minimum absolute atomic E-state index is 0.00804. The first-order valence-electron chi connectivity index (χ1n) is 15.8. The van der Waals surface area contributed by atoms with Gasteiger partial charge in [-0.2, -0.15) is 13.2 Å². The largest absolute Gasteiger partial charge is 0.465 e. The molecule has 6 N–H and O–H groups in total. The molecule has 1 saturated carbocycles. The molecule has 2 amide bonds. The van der Waals surface area contributed by atoms with E-state index in [1.807, 2.05) is 4.31 Å². The lowest BCUT2D eigenvalue weighted by Crippen LogP contribution is -2.56. The topological polar surface area (TPSA) is 147 Å². The van der Waals surface area contributed by atoms with Crippen molar-refractivity contribution in [2.24, 2.45) is 5.92 Å². The average molecular weight is 706 g/mol. The molecule has 16 heteroatoms. The van der Waals surface area contributed by atoms with Crippen LogP contribution in [0, 0.1) is 11.7 Å². The molecular weight excluding hydrogens is 666 g/mol. The Hall–Kier alpha value is -2.69. The highest BCUT2D eigenvalue weighted by Crippen LogP contribution is 2.49. The second-order valence-corrected chi connectivity index (χ2v) is 15.2. The second-order valence-electron chi connectivity index (χ2n) is 12.7. The van der Waals surface area contributed by atoms with Gasteiger partial charge in [0.25, 0.3) is 0 Å². The molecule has 0 spiro atoms. The van der Waals surface area contributed by atoms with E-state index in [9.17, 15) is 41.4 Å². The number of halogens is 5. The van der Waals surface area contributed by atoms with Crippen molar-refractivity contribution in [2.75, 3.05) is 18.8 Å². The number of benzene rings is 1. The lowest BCUT2D eigenvalue weighted by Gasteiger charge is -2.49. The number of alkyl halides is 3. The predicted molar refractivity (Wildman–Crippen MR) is 170 cm³/mol. The number of pyridine rings is 1. The van der Waals surface area contributed by atoms with E-state index in [-0.39, 0.29) is 40.2 Å². The summed E-state index contributed by atoms with van der Waals surface area (Å²) in [5.41, 5.74) is -1.22. The number of carbonyl (C=O) groups excluding carboxylic acids is 1. The maximum atomic E-state index is 14.7. The normalized spacial score (nSPS) is 27.9. The summed E-state index contributed by atoms with van der Waals surface area (Å²) in [6, 6.07) is 2.34. The zero-order valence-corrected chi connectivity index (χ0v) is 27.1. The third-order valence-corrected chi connectivity index (χ3v) is 11.9. The van der Waals surface area contributed by atoms with Gasteiger partial charge in [0, 0.05) is 49.5 Å². The van der Waals surface area contributed by atoms with Crippen molar-refractivity contribution in [1.29, 1.82) is 0 Å². The number of fused-ring (bicyclic) bond motifs is 2. The summed E-state index contributed by atoms with van der Waals surface area (Å²) in [4.78, 5) is 29.7. The zero-order chi connectivity index (χ0) is 33.9. The summed E-state index contributed by atoms with van der Waals surface area (Å²) in [6.45, 7) is 1.16.